The molecule has 6 aliphatic rings. The van der Waals surface area contributed by atoms with Crippen molar-refractivity contribution >= 4 is 28.5 Å². The molecule has 1 spiro atoms. The van der Waals surface area contributed by atoms with Crippen molar-refractivity contribution in [1.82, 2.24) is 14.8 Å². The van der Waals surface area contributed by atoms with E-state index in [1.807, 2.05) is 0 Å². The van der Waals surface area contributed by atoms with Gasteiger partial charge in [0, 0.05) is 84.0 Å². The van der Waals surface area contributed by atoms with Crippen molar-refractivity contribution in [2.75, 3.05) is 66.0 Å². The minimum absolute atomic E-state index is 0.0819. The molecule has 6 heterocycles. The van der Waals surface area contributed by atoms with Gasteiger partial charge in [-0.2, -0.15) is 0 Å². The number of methoxy groups -OCH3 is 3. The highest BCUT2D eigenvalue weighted by Gasteiger charge is 2.71. The second-order valence-electron chi connectivity index (χ2n) is 17.1. The predicted octanol–water partition coefficient (Wildman–Crippen LogP) is 6.22. The number of carbonyl (C=O) groups is 2. The van der Waals surface area contributed by atoms with Crippen LogP contribution in [0.5, 0.6) is 5.75 Å². The Bertz CT molecular complexity index is 1990. The molecule has 2 saturated heterocycles. The number of piperidine rings is 1. The minimum atomic E-state index is -1.14. The Hall–Kier alpha value is -3.82. The van der Waals surface area contributed by atoms with E-state index >= 15 is 4.79 Å². The lowest BCUT2D eigenvalue weighted by molar-refractivity contribution is -0.151. The van der Waals surface area contributed by atoms with Crippen LogP contribution in [0, 0.1) is 23.2 Å². The normalized spacial score (nSPS) is 35.7. The van der Waals surface area contributed by atoms with Crippen LogP contribution in [0.15, 0.2) is 48.6 Å². The van der Waals surface area contributed by atoms with E-state index in [1.54, 1.807) is 14.2 Å². The smallest absolute Gasteiger partial charge is 0.322 e. The Labute approximate surface area is 314 Å². The summed E-state index contributed by atoms with van der Waals surface area (Å²) in [4.78, 5) is 40.7. The first-order valence-electron chi connectivity index (χ1n) is 20.1. The van der Waals surface area contributed by atoms with E-state index in [4.69, 9.17) is 14.2 Å². The third-order valence-corrected chi connectivity index (χ3v) is 15.1. The number of hydrogen-bond acceptors (Lipinski definition) is 8. The second kappa shape index (κ2) is 12.6. The van der Waals surface area contributed by atoms with Crippen LogP contribution in [0.4, 0.5) is 5.69 Å². The molecular weight excluding hydrogens is 665 g/mol. The molecule has 2 bridgehead atoms. The van der Waals surface area contributed by atoms with Gasteiger partial charge in [-0.3, -0.25) is 14.5 Å². The fraction of sp³-hybridized carbons (Fsp3) is 0.591. The van der Waals surface area contributed by atoms with Gasteiger partial charge in [-0.1, -0.05) is 50.6 Å². The average molecular weight is 721 g/mol. The zero-order chi connectivity index (χ0) is 36.9. The first kappa shape index (κ1) is 34.9. The molecule has 2 aromatic carbocycles. The Morgan fingerprint density at radius 3 is 2.58 bits per heavy atom. The van der Waals surface area contributed by atoms with Crippen molar-refractivity contribution in [2.45, 2.75) is 81.7 Å². The first-order chi connectivity index (χ1) is 25.7. The number of rotatable bonds is 6. The summed E-state index contributed by atoms with van der Waals surface area (Å²) in [7, 11) is 6.96. The second-order valence-corrected chi connectivity index (χ2v) is 17.1. The predicted molar refractivity (Wildman–Crippen MR) is 207 cm³/mol. The largest absolute Gasteiger partial charge is 0.496 e. The van der Waals surface area contributed by atoms with Gasteiger partial charge >= 0.3 is 11.9 Å². The van der Waals surface area contributed by atoms with Crippen molar-refractivity contribution in [3.05, 3.63) is 70.9 Å². The molecule has 1 aromatic heterocycles. The molecule has 9 nitrogen and oxygen atoms in total. The first-order valence-corrected chi connectivity index (χ1v) is 20.1. The van der Waals surface area contributed by atoms with E-state index in [0.717, 1.165) is 93.7 Å². The third kappa shape index (κ3) is 4.68. The molecule has 9 rings (SSSR count). The Balaban J connectivity index is 1.34. The zero-order valence-corrected chi connectivity index (χ0v) is 32.4. The van der Waals surface area contributed by atoms with Gasteiger partial charge in [0.05, 0.1) is 33.3 Å². The lowest BCUT2D eigenvalue weighted by atomic mass is 9.50. The number of H-pyrrole nitrogens is 1. The number of para-hydroxylation sites is 1. The number of carbonyl (C=O) groups excluding carboxylic acids is 2. The van der Waals surface area contributed by atoms with E-state index in [1.165, 1.54) is 23.6 Å². The van der Waals surface area contributed by atoms with Crippen molar-refractivity contribution in [1.29, 1.82) is 0 Å². The fourth-order valence-electron chi connectivity index (χ4n) is 13.0. The molecular formula is C44H56N4O5. The summed E-state index contributed by atoms with van der Waals surface area (Å²) in [5.41, 5.74) is 4.70. The number of esters is 2. The van der Waals surface area contributed by atoms with Gasteiger partial charge in [0.2, 0.25) is 0 Å². The molecule has 1 N–H and O–H groups in total. The number of anilines is 1. The molecule has 5 aliphatic heterocycles. The topological polar surface area (TPSA) is 87.3 Å². The van der Waals surface area contributed by atoms with Crippen molar-refractivity contribution in [3.63, 3.8) is 0 Å². The molecule has 282 valence electrons. The maximum absolute atomic E-state index is 15.2. The molecule has 1 aliphatic carbocycles. The number of nitrogens with one attached hydrogen (secondary N) is 1. The SMILES string of the molecule is CC[C@H]1C[C@@H]2CN(CCc3c([nH]c4ccccc34)[C@@](C(=O)OC)(c3cc4c(cc3OC)N(C)[C@H]3[C@@H](C(=O)OC)C[C@]5(CC)C=CCN6CC[C@]43[C@@H]65)C2)C1. The standard InChI is InChI=1S/C44H56N4O5/c1-7-27-20-28-23-44(41(50)53-6,37-30(14-18-47(25-27)26-28)29-12-9-10-13-34(29)45-37)33-21-32-35(22-36(33)51-4)46(3)38-31(39(49)52-5)24-42(8-2)15-11-17-48-19-16-43(32,38)40(42)48/h9-13,15,21-22,27-28,31,38,40,45H,7-8,14,16-20,23-26H2,1-6H3/t27-,28-,31-,38-,40-,42-,43-,44-/m0/s1. The van der Waals surface area contributed by atoms with Crippen LogP contribution in [0.2, 0.25) is 0 Å². The van der Waals surface area contributed by atoms with Crippen molar-refractivity contribution in [2.24, 2.45) is 23.2 Å². The Morgan fingerprint density at radius 2 is 1.83 bits per heavy atom. The Kier molecular flexibility index (Phi) is 8.32. The summed E-state index contributed by atoms with van der Waals surface area (Å²) < 4.78 is 18.0. The highest BCUT2D eigenvalue weighted by atomic mass is 16.5. The highest BCUT2D eigenvalue weighted by molar-refractivity contribution is 5.94. The number of benzene rings is 2. The van der Waals surface area contributed by atoms with Crippen molar-refractivity contribution < 1.29 is 23.8 Å². The average Bonchev–Trinajstić information content (AvgIpc) is 3.85. The quantitative estimate of drug-likeness (QED) is 0.238. The van der Waals surface area contributed by atoms with E-state index < -0.39 is 5.41 Å². The van der Waals surface area contributed by atoms with Gasteiger partial charge in [0.1, 0.15) is 11.2 Å². The van der Waals surface area contributed by atoms with Crippen LogP contribution in [0.1, 0.15) is 74.8 Å². The van der Waals surface area contributed by atoms with Gasteiger partial charge in [-0.25, -0.2) is 0 Å². The van der Waals surface area contributed by atoms with Gasteiger partial charge in [0.15, 0.2) is 0 Å². The molecule has 9 atom stereocenters. The van der Waals surface area contributed by atoms with E-state index in [0.29, 0.717) is 18.1 Å². The summed E-state index contributed by atoms with van der Waals surface area (Å²) in [6.07, 6.45) is 11.0. The molecule has 0 radical (unpaired) electrons. The summed E-state index contributed by atoms with van der Waals surface area (Å²) >= 11 is 0. The number of aromatic amines is 1. The Morgan fingerprint density at radius 1 is 1.00 bits per heavy atom. The van der Waals surface area contributed by atoms with Crippen LogP contribution in [0.25, 0.3) is 10.9 Å². The molecule has 3 fully saturated rings. The zero-order valence-electron chi connectivity index (χ0n) is 32.4. The van der Waals surface area contributed by atoms with E-state index in [-0.39, 0.29) is 46.7 Å². The summed E-state index contributed by atoms with van der Waals surface area (Å²) in [5, 5.41) is 1.17. The molecule has 3 aromatic rings. The number of fused-ring (bicyclic) bond motifs is 6. The number of nitrogens with zero attached hydrogens (tertiary/aromatic N) is 3. The monoisotopic (exact) mass is 720 g/mol. The maximum atomic E-state index is 15.2. The lowest BCUT2D eigenvalue weighted by Crippen LogP contribution is -2.67. The number of aromatic nitrogens is 1. The summed E-state index contributed by atoms with van der Waals surface area (Å²) in [6, 6.07) is 13.2. The molecule has 1 unspecified atom stereocenters. The molecule has 1 saturated carbocycles. The van der Waals surface area contributed by atoms with Gasteiger partial charge in [-0.15, -0.1) is 0 Å². The molecule has 53 heavy (non-hydrogen) atoms. The summed E-state index contributed by atoms with van der Waals surface area (Å²) in [6.45, 7) is 9.47. The van der Waals surface area contributed by atoms with Gasteiger partial charge < -0.3 is 29.0 Å². The van der Waals surface area contributed by atoms with Crippen LogP contribution < -0.4 is 9.64 Å². The van der Waals surface area contributed by atoms with Crippen LogP contribution >= 0.6 is 0 Å². The van der Waals surface area contributed by atoms with E-state index in [9.17, 15) is 4.79 Å². The van der Waals surface area contributed by atoms with Gasteiger partial charge in [-0.05, 0) is 80.2 Å². The van der Waals surface area contributed by atoms with Gasteiger partial charge in [0.25, 0.3) is 0 Å². The lowest BCUT2D eigenvalue weighted by Gasteiger charge is -2.58. The van der Waals surface area contributed by atoms with Crippen LogP contribution in [-0.4, -0.2) is 99.9 Å². The van der Waals surface area contributed by atoms with Crippen molar-refractivity contribution in [3.8, 4) is 5.75 Å². The third-order valence-electron chi connectivity index (χ3n) is 15.1. The van der Waals surface area contributed by atoms with E-state index in [2.05, 4.69) is 89.1 Å². The number of likely N-dealkylation sites (N-methyl/N-ethyl adjacent to an activating group) is 1. The maximum Gasteiger partial charge on any atom is 0.322 e. The summed E-state index contributed by atoms with van der Waals surface area (Å²) in [5.74, 6) is 0.870. The van der Waals surface area contributed by atoms with Crippen LogP contribution in [0.3, 0.4) is 0 Å². The molecule has 0 amide bonds. The van der Waals surface area contributed by atoms with Crippen LogP contribution in [-0.2, 0) is 36.3 Å². The molecule has 9 heteroatoms. The minimum Gasteiger partial charge on any atom is -0.496 e. The fourth-order valence-corrected chi connectivity index (χ4v) is 13.0. The number of ether oxygens (including phenoxy) is 3. The highest BCUT2D eigenvalue weighted by Crippen LogP contribution is 2.67. The number of hydrogen-bond donors (Lipinski definition) is 1.